The third-order valence-corrected chi connectivity index (χ3v) is 2.58. The summed E-state index contributed by atoms with van der Waals surface area (Å²) in [4.78, 5) is 10.2. The molecule has 0 N–H and O–H groups in total. The van der Waals surface area contributed by atoms with Crippen LogP contribution in [-0.4, -0.2) is 4.92 Å². The number of halogens is 1. The summed E-state index contributed by atoms with van der Waals surface area (Å²) >= 11 is 0. The van der Waals surface area contributed by atoms with E-state index in [0.717, 1.165) is 6.07 Å². The van der Waals surface area contributed by atoms with Gasteiger partial charge in [0.15, 0.2) is 0 Å². The van der Waals surface area contributed by atoms with E-state index in [9.17, 15) is 24.1 Å². The van der Waals surface area contributed by atoms with Crippen LogP contribution in [0.4, 0.5) is 5.69 Å². The summed E-state index contributed by atoms with van der Waals surface area (Å²) in [5, 5.41) is 11.7. The number of nitro groups is 1. The van der Waals surface area contributed by atoms with E-state index in [1.807, 2.05) is 0 Å². The molecular formula is C10H6ClNO6. The van der Waals surface area contributed by atoms with Crippen LogP contribution in [0.5, 0.6) is 5.75 Å². The highest BCUT2D eigenvalue weighted by Gasteiger charge is 2.30. The Bertz CT molecular complexity index is 609. The van der Waals surface area contributed by atoms with Crippen molar-refractivity contribution in [1.82, 2.24) is 0 Å². The molecule has 0 aromatic heterocycles. The average molecular weight is 272 g/mol. The fraction of sp³-hybridized carbons (Fsp3) is 0. The standard InChI is InChI=1S/C10H6ClNO6/c13-11(14,15)18-9-6-5-7-3-1-2-4-8(7)10(9)12(16)17/h1-6H. The van der Waals surface area contributed by atoms with Crippen molar-refractivity contribution in [3.8, 4) is 5.75 Å². The van der Waals surface area contributed by atoms with Crippen LogP contribution < -0.4 is 18.3 Å². The van der Waals surface area contributed by atoms with E-state index < -0.39 is 26.6 Å². The second-order valence-electron chi connectivity index (χ2n) is 3.35. The molecule has 0 aliphatic carbocycles. The molecule has 0 heterocycles. The predicted octanol–water partition coefficient (Wildman–Crippen LogP) is -0.976. The van der Waals surface area contributed by atoms with Gasteiger partial charge in [0.1, 0.15) is 10.2 Å². The van der Waals surface area contributed by atoms with Crippen molar-refractivity contribution >= 4 is 16.5 Å². The van der Waals surface area contributed by atoms with Crippen LogP contribution in [0.25, 0.3) is 10.8 Å². The number of fused-ring (bicyclic) bond motifs is 1. The molecule has 0 saturated carbocycles. The Morgan fingerprint density at radius 2 is 1.72 bits per heavy atom. The highest BCUT2D eigenvalue weighted by Crippen LogP contribution is 2.35. The normalized spacial score (nSPS) is 11.5. The Morgan fingerprint density at radius 3 is 2.33 bits per heavy atom. The van der Waals surface area contributed by atoms with Crippen LogP contribution in [0.1, 0.15) is 0 Å². The lowest BCUT2D eigenvalue weighted by molar-refractivity contribution is -1.91. The van der Waals surface area contributed by atoms with Crippen molar-refractivity contribution in [3.63, 3.8) is 0 Å². The van der Waals surface area contributed by atoms with Crippen LogP contribution >= 0.6 is 0 Å². The van der Waals surface area contributed by atoms with Crippen molar-refractivity contribution < 1.29 is 33.4 Å². The summed E-state index contributed by atoms with van der Waals surface area (Å²) in [6.45, 7) is 0. The van der Waals surface area contributed by atoms with Gasteiger partial charge in [-0.25, -0.2) is 0 Å². The van der Waals surface area contributed by atoms with Gasteiger partial charge >= 0.3 is 11.4 Å². The molecule has 0 spiro atoms. The summed E-state index contributed by atoms with van der Waals surface area (Å²) < 4.78 is 35.5. The van der Waals surface area contributed by atoms with Gasteiger partial charge in [0, 0.05) is 6.07 Å². The maximum Gasteiger partial charge on any atom is 0.365 e. The van der Waals surface area contributed by atoms with Gasteiger partial charge in [0.2, 0.25) is 0 Å². The van der Waals surface area contributed by atoms with Gasteiger partial charge in [-0.3, -0.25) is 10.1 Å². The fourth-order valence-electron chi connectivity index (χ4n) is 1.59. The first-order valence-electron chi connectivity index (χ1n) is 4.65. The van der Waals surface area contributed by atoms with Gasteiger partial charge in [-0.1, -0.05) is 22.5 Å². The van der Waals surface area contributed by atoms with Gasteiger partial charge < -0.3 is 0 Å². The minimum Gasteiger partial charge on any atom is -0.258 e. The molecule has 2 rings (SSSR count). The molecule has 0 unspecified atom stereocenters. The molecule has 0 radical (unpaired) electrons. The average Bonchev–Trinajstić information content (AvgIpc) is 2.26. The highest BCUT2D eigenvalue weighted by molar-refractivity contribution is 5.93. The number of hydrogen-bond acceptors (Lipinski definition) is 6. The van der Waals surface area contributed by atoms with E-state index in [1.165, 1.54) is 12.1 Å². The molecule has 0 fully saturated rings. The second-order valence-corrected chi connectivity index (χ2v) is 4.26. The van der Waals surface area contributed by atoms with E-state index in [-0.39, 0.29) is 5.39 Å². The summed E-state index contributed by atoms with van der Waals surface area (Å²) in [6, 6.07) is 8.79. The summed E-state index contributed by atoms with van der Waals surface area (Å²) in [5.74, 6) is -0.602. The van der Waals surface area contributed by atoms with Crippen molar-refractivity contribution in [2.75, 3.05) is 0 Å². The van der Waals surface area contributed by atoms with Crippen LogP contribution in [0, 0.1) is 20.4 Å². The molecule has 18 heavy (non-hydrogen) atoms. The van der Waals surface area contributed by atoms with Crippen LogP contribution in [0.2, 0.25) is 0 Å². The first kappa shape index (κ1) is 12.5. The number of nitro benzene ring substituents is 1. The minimum atomic E-state index is -4.78. The lowest BCUT2D eigenvalue weighted by Crippen LogP contribution is -2.63. The van der Waals surface area contributed by atoms with Gasteiger partial charge in [-0.05, 0) is 17.5 Å². The zero-order valence-corrected chi connectivity index (χ0v) is 9.49. The number of rotatable bonds is 3. The van der Waals surface area contributed by atoms with Crippen molar-refractivity contribution in [1.29, 1.82) is 0 Å². The lowest BCUT2D eigenvalue weighted by Gasteiger charge is -2.12. The highest BCUT2D eigenvalue weighted by atomic mass is 35.7. The molecule has 8 heteroatoms. The Morgan fingerprint density at radius 1 is 1.06 bits per heavy atom. The summed E-state index contributed by atoms with van der Waals surface area (Å²) in [5.41, 5.74) is -0.556. The maximum absolute atomic E-state index is 10.9. The van der Waals surface area contributed by atoms with Gasteiger partial charge in [0.05, 0.1) is 10.3 Å². The molecule has 2 aromatic carbocycles. The molecule has 0 amide bonds. The van der Waals surface area contributed by atoms with Gasteiger partial charge in [-0.2, -0.15) is 14.0 Å². The van der Waals surface area contributed by atoms with Gasteiger partial charge in [-0.15, -0.1) is 0 Å². The predicted molar refractivity (Wildman–Crippen MR) is 51.2 cm³/mol. The number of hydrogen-bond donors (Lipinski definition) is 0. The van der Waals surface area contributed by atoms with Crippen LogP contribution in [0.15, 0.2) is 36.4 Å². The lowest BCUT2D eigenvalue weighted by atomic mass is 10.1. The van der Waals surface area contributed by atoms with E-state index in [4.69, 9.17) is 0 Å². The maximum atomic E-state index is 10.9. The molecule has 0 bridgehead atoms. The molecule has 0 aliphatic heterocycles. The first-order chi connectivity index (χ1) is 8.38. The third-order valence-electron chi connectivity index (χ3n) is 2.22. The smallest absolute Gasteiger partial charge is 0.258 e. The zero-order chi connectivity index (χ0) is 13.3. The number of benzene rings is 2. The SMILES string of the molecule is O=[N+]([O-])c1c(O[Cl+3]([O-])([O-])[O-])ccc2ccccc12. The van der Waals surface area contributed by atoms with Crippen molar-refractivity contribution in [3.05, 3.63) is 46.5 Å². The largest absolute Gasteiger partial charge is 0.365 e. The monoisotopic (exact) mass is 271 g/mol. The Balaban J connectivity index is 2.67. The minimum absolute atomic E-state index is 0.193. The fourth-order valence-corrected chi connectivity index (χ4v) is 1.92. The second kappa shape index (κ2) is 4.39. The molecule has 7 nitrogen and oxygen atoms in total. The summed E-state index contributed by atoms with van der Waals surface area (Å²) in [6.07, 6.45) is 0. The summed E-state index contributed by atoms with van der Waals surface area (Å²) in [7, 11) is -4.78. The van der Waals surface area contributed by atoms with E-state index in [2.05, 4.69) is 4.29 Å². The van der Waals surface area contributed by atoms with Gasteiger partial charge in [0.25, 0.3) is 0 Å². The van der Waals surface area contributed by atoms with Crippen molar-refractivity contribution in [2.45, 2.75) is 0 Å². The first-order valence-corrected chi connectivity index (χ1v) is 5.88. The van der Waals surface area contributed by atoms with E-state index in [1.54, 1.807) is 18.2 Å². The van der Waals surface area contributed by atoms with E-state index >= 15 is 0 Å². The van der Waals surface area contributed by atoms with Crippen LogP contribution in [0.3, 0.4) is 0 Å². The quantitative estimate of drug-likeness (QED) is 0.522. The molecule has 0 saturated heterocycles. The Kier molecular flexibility index (Phi) is 3.05. The molecule has 0 aliphatic rings. The molecule has 94 valence electrons. The topological polar surface area (TPSA) is 122 Å². The molecule has 0 atom stereocenters. The Hall–Kier alpha value is -1.93. The molecular weight excluding hydrogens is 266 g/mol. The van der Waals surface area contributed by atoms with Crippen molar-refractivity contribution in [2.24, 2.45) is 0 Å². The number of nitrogens with zero attached hydrogens (tertiary/aromatic N) is 1. The zero-order valence-electron chi connectivity index (χ0n) is 8.74. The molecule has 2 aromatic rings. The van der Waals surface area contributed by atoms with E-state index in [0.29, 0.717) is 5.39 Å². The Labute approximate surface area is 103 Å². The van der Waals surface area contributed by atoms with Crippen LogP contribution in [-0.2, 0) is 0 Å². The third kappa shape index (κ3) is 2.49.